The van der Waals surface area contributed by atoms with Crippen LogP contribution in [0.1, 0.15) is 5.56 Å². The third-order valence-electron chi connectivity index (χ3n) is 3.08. The number of hydrogen-bond acceptors (Lipinski definition) is 3. The molecular weight excluding hydrogens is 289 g/mol. The summed E-state index contributed by atoms with van der Waals surface area (Å²) in [6.07, 6.45) is 1.50. The zero-order valence-electron chi connectivity index (χ0n) is 10.8. The predicted octanol–water partition coefficient (Wildman–Crippen LogP) is 4.64. The van der Waals surface area contributed by atoms with Gasteiger partial charge in [0.2, 0.25) is 0 Å². The maximum atomic E-state index is 13.5. The molecule has 0 unspecified atom stereocenters. The molecule has 0 saturated carbocycles. The van der Waals surface area contributed by atoms with E-state index in [2.05, 4.69) is 16.4 Å². The van der Waals surface area contributed by atoms with Crippen LogP contribution in [0.3, 0.4) is 0 Å². The van der Waals surface area contributed by atoms with Crippen LogP contribution in [0.4, 0.5) is 15.8 Å². The maximum absolute atomic E-state index is 13.5. The third kappa shape index (κ3) is 2.51. The van der Waals surface area contributed by atoms with Crippen LogP contribution in [0.15, 0.2) is 48.7 Å². The summed E-state index contributed by atoms with van der Waals surface area (Å²) in [6, 6.07) is 13.9. The number of para-hydroxylation sites is 1. The van der Waals surface area contributed by atoms with Gasteiger partial charge in [0.15, 0.2) is 0 Å². The van der Waals surface area contributed by atoms with E-state index in [0.29, 0.717) is 16.9 Å². The van der Waals surface area contributed by atoms with E-state index in [9.17, 15) is 9.65 Å². The first kappa shape index (κ1) is 13.3. The predicted molar refractivity (Wildman–Crippen MR) is 81.2 cm³/mol. The average Bonchev–Trinajstić information content (AvgIpc) is 2.51. The maximum Gasteiger partial charge on any atom is 0.143 e. The molecule has 0 amide bonds. The second-order valence-electron chi connectivity index (χ2n) is 4.43. The monoisotopic (exact) mass is 297 g/mol. The lowest BCUT2D eigenvalue weighted by molar-refractivity contribution is 0.629. The van der Waals surface area contributed by atoms with Gasteiger partial charge < -0.3 is 5.32 Å². The summed E-state index contributed by atoms with van der Waals surface area (Å²) in [5.74, 6) is -0.515. The number of anilines is 2. The van der Waals surface area contributed by atoms with Gasteiger partial charge in [0.1, 0.15) is 11.9 Å². The SMILES string of the molecule is N#Cc1cnc2ccccc2c1Nc1ccc(Cl)c(F)c1. The van der Waals surface area contributed by atoms with Crippen molar-refractivity contribution < 1.29 is 4.39 Å². The molecule has 3 nitrogen and oxygen atoms in total. The normalized spacial score (nSPS) is 10.3. The molecule has 0 aliphatic carbocycles. The molecule has 21 heavy (non-hydrogen) atoms. The van der Waals surface area contributed by atoms with Gasteiger partial charge >= 0.3 is 0 Å². The highest BCUT2D eigenvalue weighted by Crippen LogP contribution is 2.29. The van der Waals surface area contributed by atoms with Gasteiger partial charge in [-0.3, -0.25) is 4.98 Å². The van der Waals surface area contributed by atoms with Gasteiger partial charge in [0, 0.05) is 17.3 Å². The average molecular weight is 298 g/mol. The summed E-state index contributed by atoms with van der Waals surface area (Å²) in [7, 11) is 0. The minimum absolute atomic E-state index is 0.0562. The molecule has 1 heterocycles. The number of aromatic nitrogens is 1. The van der Waals surface area contributed by atoms with Crippen LogP contribution in [0.25, 0.3) is 10.9 Å². The van der Waals surface area contributed by atoms with E-state index in [4.69, 9.17) is 11.6 Å². The van der Waals surface area contributed by atoms with Crippen LogP contribution in [-0.2, 0) is 0 Å². The molecule has 0 spiro atoms. The summed E-state index contributed by atoms with van der Waals surface area (Å²) < 4.78 is 13.5. The van der Waals surface area contributed by atoms with Crippen molar-refractivity contribution in [2.75, 3.05) is 5.32 Å². The van der Waals surface area contributed by atoms with Crippen molar-refractivity contribution in [3.05, 3.63) is 65.1 Å². The number of benzene rings is 2. The Bertz CT molecular complexity index is 871. The van der Waals surface area contributed by atoms with Crippen LogP contribution in [0.5, 0.6) is 0 Å². The number of fused-ring (bicyclic) bond motifs is 1. The van der Waals surface area contributed by atoms with E-state index in [-0.39, 0.29) is 5.02 Å². The Morgan fingerprint density at radius 2 is 2.00 bits per heavy atom. The van der Waals surface area contributed by atoms with Gasteiger partial charge in [-0.1, -0.05) is 29.8 Å². The first-order valence-electron chi connectivity index (χ1n) is 6.19. The highest BCUT2D eigenvalue weighted by molar-refractivity contribution is 6.30. The van der Waals surface area contributed by atoms with Crippen molar-refractivity contribution in [1.82, 2.24) is 4.98 Å². The third-order valence-corrected chi connectivity index (χ3v) is 3.39. The summed E-state index contributed by atoms with van der Waals surface area (Å²) >= 11 is 5.67. The van der Waals surface area contributed by atoms with Crippen molar-refractivity contribution in [3.8, 4) is 6.07 Å². The number of nitriles is 1. The molecule has 3 rings (SSSR count). The summed E-state index contributed by atoms with van der Waals surface area (Å²) in [5, 5.41) is 13.2. The molecule has 0 saturated heterocycles. The Morgan fingerprint density at radius 1 is 1.19 bits per heavy atom. The largest absolute Gasteiger partial charge is 0.354 e. The molecular formula is C16H9ClFN3. The number of nitrogens with one attached hydrogen (secondary N) is 1. The van der Waals surface area contributed by atoms with Gasteiger partial charge in [0.05, 0.1) is 21.8 Å². The van der Waals surface area contributed by atoms with Crippen molar-refractivity contribution in [3.63, 3.8) is 0 Å². The molecule has 0 aliphatic heterocycles. The second kappa shape index (κ2) is 5.39. The molecule has 1 aromatic heterocycles. The Hall–Kier alpha value is -2.64. The van der Waals surface area contributed by atoms with E-state index in [1.54, 1.807) is 6.07 Å². The minimum atomic E-state index is -0.515. The zero-order chi connectivity index (χ0) is 14.8. The summed E-state index contributed by atoms with van der Waals surface area (Å²) in [5.41, 5.74) is 2.27. The van der Waals surface area contributed by atoms with Gasteiger partial charge in [-0.2, -0.15) is 5.26 Å². The number of hydrogen-bond donors (Lipinski definition) is 1. The quantitative estimate of drug-likeness (QED) is 0.749. The Morgan fingerprint density at radius 3 is 2.76 bits per heavy atom. The number of pyridine rings is 1. The lowest BCUT2D eigenvalue weighted by Crippen LogP contribution is -1.97. The van der Waals surface area contributed by atoms with E-state index in [1.165, 1.54) is 18.3 Å². The first-order chi connectivity index (χ1) is 10.2. The van der Waals surface area contributed by atoms with E-state index in [0.717, 1.165) is 10.9 Å². The molecule has 0 atom stereocenters. The summed E-state index contributed by atoms with van der Waals surface area (Å²) in [6.45, 7) is 0. The number of rotatable bonds is 2. The number of halogens is 2. The molecule has 102 valence electrons. The fraction of sp³-hybridized carbons (Fsp3) is 0. The van der Waals surface area contributed by atoms with Crippen LogP contribution in [0.2, 0.25) is 5.02 Å². The minimum Gasteiger partial charge on any atom is -0.354 e. The molecule has 1 N–H and O–H groups in total. The van der Waals surface area contributed by atoms with Gasteiger partial charge in [0.25, 0.3) is 0 Å². The van der Waals surface area contributed by atoms with E-state index >= 15 is 0 Å². The fourth-order valence-corrected chi connectivity index (χ4v) is 2.20. The Balaban J connectivity index is 2.14. The van der Waals surface area contributed by atoms with Crippen molar-refractivity contribution in [2.45, 2.75) is 0 Å². The van der Waals surface area contributed by atoms with Gasteiger partial charge in [-0.05, 0) is 24.3 Å². The lowest BCUT2D eigenvalue weighted by Gasteiger charge is -2.11. The highest BCUT2D eigenvalue weighted by atomic mass is 35.5. The fourth-order valence-electron chi connectivity index (χ4n) is 2.08. The van der Waals surface area contributed by atoms with Gasteiger partial charge in [-0.25, -0.2) is 4.39 Å². The molecule has 0 radical (unpaired) electrons. The smallest absolute Gasteiger partial charge is 0.143 e. The molecule has 0 bridgehead atoms. The Labute approximate surface area is 125 Å². The second-order valence-corrected chi connectivity index (χ2v) is 4.84. The van der Waals surface area contributed by atoms with Crippen LogP contribution >= 0.6 is 11.6 Å². The summed E-state index contributed by atoms with van der Waals surface area (Å²) in [4.78, 5) is 4.23. The topological polar surface area (TPSA) is 48.7 Å². The molecule has 2 aromatic carbocycles. The van der Waals surface area contributed by atoms with Crippen LogP contribution in [-0.4, -0.2) is 4.98 Å². The highest BCUT2D eigenvalue weighted by Gasteiger charge is 2.09. The van der Waals surface area contributed by atoms with Gasteiger partial charge in [-0.15, -0.1) is 0 Å². The van der Waals surface area contributed by atoms with Crippen molar-refractivity contribution in [1.29, 1.82) is 5.26 Å². The molecule has 0 aliphatic rings. The molecule has 3 aromatic rings. The van der Waals surface area contributed by atoms with Crippen LogP contribution < -0.4 is 5.32 Å². The Kier molecular flexibility index (Phi) is 3.43. The van der Waals surface area contributed by atoms with Crippen molar-refractivity contribution in [2.24, 2.45) is 0 Å². The zero-order valence-corrected chi connectivity index (χ0v) is 11.5. The van der Waals surface area contributed by atoms with E-state index < -0.39 is 5.82 Å². The lowest BCUT2D eigenvalue weighted by atomic mass is 10.1. The number of nitrogens with zero attached hydrogens (tertiary/aromatic N) is 2. The first-order valence-corrected chi connectivity index (χ1v) is 6.57. The molecule has 0 fully saturated rings. The molecule has 5 heteroatoms. The van der Waals surface area contributed by atoms with Crippen LogP contribution in [0, 0.1) is 17.1 Å². The van der Waals surface area contributed by atoms with E-state index in [1.807, 2.05) is 24.3 Å². The standard InChI is InChI=1S/C16H9ClFN3/c17-13-6-5-11(7-14(13)18)21-16-10(8-19)9-20-15-4-2-1-3-12(15)16/h1-7,9H,(H,20,21). The van der Waals surface area contributed by atoms with Crippen molar-refractivity contribution >= 4 is 33.9 Å².